The Kier molecular flexibility index (Phi) is 3.28. The van der Waals surface area contributed by atoms with Gasteiger partial charge < -0.3 is 9.67 Å². The highest BCUT2D eigenvalue weighted by Crippen LogP contribution is 2.06. The minimum atomic E-state index is -1.20. The van der Waals surface area contributed by atoms with Gasteiger partial charge in [-0.2, -0.15) is 0 Å². The third kappa shape index (κ3) is 2.66. The molecule has 0 fully saturated rings. The van der Waals surface area contributed by atoms with Crippen LogP contribution in [0.3, 0.4) is 0 Å². The van der Waals surface area contributed by atoms with Crippen LogP contribution in [0.15, 0.2) is 47.5 Å². The first-order valence-corrected chi connectivity index (χ1v) is 5.55. The number of carbonyl (C=O) groups is 1. The molecule has 1 heterocycles. The summed E-state index contributed by atoms with van der Waals surface area (Å²) in [5.41, 5.74) is 1.54. The number of hydrogen-bond acceptors (Lipinski definition) is 2. The summed E-state index contributed by atoms with van der Waals surface area (Å²) in [4.78, 5) is 22.2. The van der Waals surface area contributed by atoms with Gasteiger partial charge in [0, 0.05) is 25.0 Å². The number of aromatic nitrogens is 1. The van der Waals surface area contributed by atoms with Crippen molar-refractivity contribution in [3.63, 3.8) is 0 Å². The zero-order chi connectivity index (χ0) is 13.1. The first kappa shape index (κ1) is 12.1. The van der Waals surface area contributed by atoms with Crippen molar-refractivity contribution in [1.82, 2.24) is 4.57 Å². The fourth-order valence-electron chi connectivity index (χ4n) is 1.81. The predicted molar refractivity (Wildman–Crippen MR) is 67.9 cm³/mol. The number of rotatable bonds is 3. The molecular weight excluding hydrogens is 230 g/mol. The molecule has 92 valence electrons. The highest BCUT2D eigenvalue weighted by molar-refractivity contribution is 5.86. The minimum absolute atomic E-state index is 0.204. The van der Waals surface area contributed by atoms with Crippen LogP contribution in [-0.2, 0) is 6.54 Å². The van der Waals surface area contributed by atoms with Crippen molar-refractivity contribution in [2.45, 2.75) is 13.5 Å². The van der Waals surface area contributed by atoms with Gasteiger partial charge in [0.2, 0.25) is 0 Å². The molecule has 2 rings (SSSR count). The second kappa shape index (κ2) is 4.87. The second-order valence-corrected chi connectivity index (χ2v) is 4.19. The number of nitrogens with zero attached hydrogens (tertiary/aromatic N) is 1. The maximum Gasteiger partial charge on any atom is 0.341 e. The van der Waals surface area contributed by atoms with E-state index in [4.69, 9.17) is 5.11 Å². The van der Waals surface area contributed by atoms with Crippen molar-refractivity contribution in [3.05, 3.63) is 69.6 Å². The predicted octanol–water partition coefficient (Wildman–Crippen LogP) is 1.90. The van der Waals surface area contributed by atoms with E-state index in [2.05, 4.69) is 0 Å². The van der Waals surface area contributed by atoms with Crippen LogP contribution in [0, 0.1) is 6.92 Å². The number of benzene rings is 1. The van der Waals surface area contributed by atoms with Crippen molar-refractivity contribution in [1.29, 1.82) is 0 Å². The van der Waals surface area contributed by atoms with Crippen LogP contribution in [-0.4, -0.2) is 15.6 Å². The molecule has 0 spiro atoms. The van der Waals surface area contributed by atoms with Gasteiger partial charge in [-0.3, -0.25) is 4.79 Å². The quantitative estimate of drug-likeness (QED) is 0.895. The Labute approximate surface area is 104 Å². The molecular formula is C14H13NO3. The molecule has 0 unspecified atom stereocenters. The van der Waals surface area contributed by atoms with Crippen LogP contribution < -0.4 is 5.43 Å². The molecule has 4 heteroatoms. The molecule has 4 nitrogen and oxygen atoms in total. The van der Waals surface area contributed by atoms with E-state index in [0.29, 0.717) is 6.54 Å². The van der Waals surface area contributed by atoms with Crippen LogP contribution in [0.2, 0.25) is 0 Å². The molecule has 0 atom stereocenters. The zero-order valence-electron chi connectivity index (χ0n) is 9.96. The van der Waals surface area contributed by atoms with Crippen LogP contribution in [0.1, 0.15) is 21.5 Å². The van der Waals surface area contributed by atoms with E-state index in [-0.39, 0.29) is 5.56 Å². The maximum atomic E-state index is 11.3. The standard InChI is InChI=1S/C14H13NO3/c1-10-3-2-4-11(7-10)8-15-6-5-13(16)12(9-15)14(17)18/h2-7,9H,8H2,1H3,(H,17,18). The van der Waals surface area contributed by atoms with Gasteiger partial charge in [0.1, 0.15) is 5.56 Å². The van der Waals surface area contributed by atoms with Crippen molar-refractivity contribution < 1.29 is 9.90 Å². The molecule has 1 N–H and O–H groups in total. The molecule has 0 radical (unpaired) electrons. The number of carboxylic acid groups (broad SMARTS) is 1. The summed E-state index contributed by atoms with van der Waals surface area (Å²) in [7, 11) is 0. The molecule has 0 amide bonds. The summed E-state index contributed by atoms with van der Waals surface area (Å²) in [6.07, 6.45) is 2.96. The monoisotopic (exact) mass is 243 g/mol. The molecule has 0 aliphatic rings. The van der Waals surface area contributed by atoms with Gasteiger partial charge in [-0.05, 0) is 12.5 Å². The lowest BCUT2D eigenvalue weighted by Crippen LogP contribution is -2.16. The van der Waals surface area contributed by atoms with E-state index < -0.39 is 11.4 Å². The van der Waals surface area contributed by atoms with Crippen molar-refractivity contribution in [2.75, 3.05) is 0 Å². The lowest BCUT2D eigenvalue weighted by atomic mass is 10.1. The molecule has 2 aromatic rings. The van der Waals surface area contributed by atoms with Crippen molar-refractivity contribution in [3.8, 4) is 0 Å². The number of hydrogen-bond donors (Lipinski definition) is 1. The van der Waals surface area contributed by atoms with Crippen LogP contribution in [0.25, 0.3) is 0 Å². The van der Waals surface area contributed by atoms with E-state index in [1.807, 2.05) is 31.2 Å². The van der Waals surface area contributed by atoms with Gasteiger partial charge in [0.25, 0.3) is 0 Å². The van der Waals surface area contributed by atoms with Gasteiger partial charge in [0.05, 0.1) is 0 Å². The van der Waals surface area contributed by atoms with Crippen LogP contribution in [0.5, 0.6) is 0 Å². The third-order valence-electron chi connectivity index (χ3n) is 2.66. The minimum Gasteiger partial charge on any atom is -0.477 e. The lowest BCUT2D eigenvalue weighted by Gasteiger charge is -2.07. The Morgan fingerprint density at radius 3 is 2.78 bits per heavy atom. The summed E-state index contributed by atoms with van der Waals surface area (Å²) in [6.45, 7) is 2.54. The fourth-order valence-corrected chi connectivity index (χ4v) is 1.81. The van der Waals surface area contributed by atoms with Gasteiger partial charge in [-0.25, -0.2) is 4.79 Å². The van der Waals surface area contributed by atoms with Crippen LogP contribution in [0.4, 0.5) is 0 Å². The average molecular weight is 243 g/mol. The molecule has 0 saturated carbocycles. The van der Waals surface area contributed by atoms with E-state index in [0.717, 1.165) is 11.1 Å². The molecule has 0 saturated heterocycles. The molecule has 1 aromatic heterocycles. The number of pyridine rings is 1. The second-order valence-electron chi connectivity index (χ2n) is 4.19. The Morgan fingerprint density at radius 2 is 2.11 bits per heavy atom. The number of aryl methyl sites for hydroxylation is 1. The Hall–Kier alpha value is -2.36. The van der Waals surface area contributed by atoms with E-state index in [1.54, 1.807) is 10.8 Å². The average Bonchev–Trinajstić information content (AvgIpc) is 2.31. The van der Waals surface area contributed by atoms with E-state index in [1.165, 1.54) is 12.3 Å². The van der Waals surface area contributed by atoms with Gasteiger partial charge in [-0.1, -0.05) is 29.8 Å². The Bertz CT molecular complexity index is 643. The summed E-state index contributed by atoms with van der Waals surface area (Å²) >= 11 is 0. The normalized spacial score (nSPS) is 10.3. The van der Waals surface area contributed by atoms with Gasteiger partial charge in [0.15, 0.2) is 5.43 Å². The van der Waals surface area contributed by atoms with E-state index in [9.17, 15) is 9.59 Å². The van der Waals surface area contributed by atoms with Crippen molar-refractivity contribution in [2.24, 2.45) is 0 Å². The zero-order valence-corrected chi connectivity index (χ0v) is 9.96. The summed E-state index contributed by atoms with van der Waals surface area (Å²) in [6, 6.07) is 9.21. The number of aromatic carboxylic acids is 1. The largest absolute Gasteiger partial charge is 0.477 e. The summed E-state index contributed by atoms with van der Waals surface area (Å²) in [5, 5.41) is 8.89. The molecule has 0 bridgehead atoms. The Morgan fingerprint density at radius 1 is 1.33 bits per heavy atom. The number of carboxylic acids is 1. The fraction of sp³-hybridized carbons (Fsp3) is 0.143. The molecule has 18 heavy (non-hydrogen) atoms. The van der Waals surface area contributed by atoms with Gasteiger partial charge in [-0.15, -0.1) is 0 Å². The third-order valence-corrected chi connectivity index (χ3v) is 2.66. The molecule has 0 aliphatic carbocycles. The molecule has 1 aromatic carbocycles. The SMILES string of the molecule is Cc1cccc(Cn2ccc(=O)c(C(=O)O)c2)c1. The highest BCUT2D eigenvalue weighted by atomic mass is 16.4. The first-order valence-electron chi connectivity index (χ1n) is 5.55. The van der Waals surface area contributed by atoms with Crippen molar-refractivity contribution >= 4 is 5.97 Å². The highest BCUT2D eigenvalue weighted by Gasteiger charge is 2.08. The summed E-state index contributed by atoms with van der Waals surface area (Å²) in [5.74, 6) is -1.20. The first-order chi connectivity index (χ1) is 8.56. The maximum absolute atomic E-state index is 11.3. The lowest BCUT2D eigenvalue weighted by molar-refractivity contribution is 0.0694. The topological polar surface area (TPSA) is 59.3 Å². The van der Waals surface area contributed by atoms with Gasteiger partial charge >= 0.3 is 5.97 Å². The van der Waals surface area contributed by atoms with E-state index >= 15 is 0 Å². The molecule has 0 aliphatic heterocycles. The van der Waals surface area contributed by atoms with Crippen LogP contribution >= 0.6 is 0 Å². The Balaban J connectivity index is 2.33. The smallest absolute Gasteiger partial charge is 0.341 e. The summed E-state index contributed by atoms with van der Waals surface area (Å²) < 4.78 is 1.69.